The normalized spacial score (nSPS) is 13.0. The minimum Gasteiger partial charge on any atom is -0.329 e. The Morgan fingerprint density at radius 3 is 2.19 bits per heavy atom. The van der Waals surface area contributed by atoms with E-state index in [1.807, 2.05) is 12.4 Å². The van der Waals surface area contributed by atoms with Gasteiger partial charge in [-0.3, -0.25) is 9.88 Å². The van der Waals surface area contributed by atoms with Crippen LogP contribution in [0.5, 0.6) is 0 Å². The minimum absolute atomic E-state index is 0.336. The second-order valence-electron chi connectivity index (χ2n) is 4.07. The molecular weight excluding hydrogens is 198 g/mol. The summed E-state index contributed by atoms with van der Waals surface area (Å²) < 4.78 is 0. The van der Waals surface area contributed by atoms with Gasteiger partial charge in [0.2, 0.25) is 0 Å². The Balaban J connectivity index is 2.77. The second-order valence-corrected chi connectivity index (χ2v) is 4.07. The highest BCUT2D eigenvalue weighted by molar-refractivity contribution is 5.15. The molecule has 0 saturated heterocycles. The van der Waals surface area contributed by atoms with E-state index in [1.54, 1.807) is 0 Å². The zero-order valence-electron chi connectivity index (χ0n) is 10.4. The van der Waals surface area contributed by atoms with E-state index in [0.29, 0.717) is 12.6 Å². The van der Waals surface area contributed by atoms with E-state index in [9.17, 15) is 0 Å². The van der Waals surface area contributed by atoms with Gasteiger partial charge in [0, 0.05) is 25.0 Å². The molecule has 3 nitrogen and oxygen atoms in total. The van der Waals surface area contributed by atoms with Gasteiger partial charge in [-0.25, -0.2) is 0 Å². The Morgan fingerprint density at radius 1 is 1.19 bits per heavy atom. The quantitative estimate of drug-likeness (QED) is 0.767. The summed E-state index contributed by atoms with van der Waals surface area (Å²) >= 11 is 0. The summed E-state index contributed by atoms with van der Waals surface area (Å²) in [4.78, 5) is 6.52. The van der Waals surface area contributed by atoms with Gasteiger partial charge in [0.15, 0.2) is 0 Å². The third-order valence-electron chi connectivity index (χ3n) is 2.78. The molecule has 16 heavy (non-hydrogen) atoms. The molecule has 0 aliphatic carbocycles. The molecule has 1 heterocycles. The van der Waals surface area contributed by atoms with Crippen LogP contribution < -0.4 is 5.73 Å². The predicted molar refractivity (Wildman–Crippen MR) is 68.2 cm³/mol. The summed E-state index contributed by atoms with van der Waals surface area (Å²) in [5, 5.41) is 0. The lowest BCUT2D eigenvalue weighted by molar-refractivity contribution is 0.202. The molecule has 90 valence electrons. The highest BCUT2D eigenvalue weighted by atomic mass is 15.2. The first-order valence-corrected chi connectivity index (χ1v) is 6.17. The van der Waals surface area contributed by atoms with Crippen molar-refractivity contribution >= 4 is 0 Å². The maximum atomic E-state index is 5.90. The Hall–Kier alpha value is -0.930. The molecule has 1 rings (SSSR count). The summed E-state index contributed by atoms with van der Waals surface area (Å²) in [6.07, 6.45) is 6.02. The van der Waals surface area contributed by atoms with Crippen LogP contribution in [-0.4, -0.2) is 29.5 Å². The van der Waals surface area contributed by atoms with E-state index in [4.69, 9.17) is 5.73 Å². The van der Waals surface area contributed by atoms with Crippen molar-refractivity contribution in [3.63, 3.8) is 0 Å². The third kappa shape index (κ3) is 3.58. The van der Waals surface area contributed by atoms with Gasteiger partial charge in [0.25, 0.3) is 0 Å². The predicted octanol–water partition coefficient (Wildman–Crippen LogP) is 2.20. The van der Waals surface area contributed by atoms with Crippen molar-refractivity contribution in [2.24, 2.45) is 5.73 Å². The molecule has 0 saturated carbocycles. The van der Waals surface area contributed by atoms with E-state index in [1.165, 1.54) is 18.4 Å². The van der Waals surface area contributed by atoms with Crippen LogP contribution in [0.4, 0.5) is 0 Å². The maximum absolute atomic E-state index is 5.90. The molecule has 3 heteroatoms. The summed E-state index contributed by atoms with van der Waals surface area (Å²) in [5.41, 5.74) is 7.18. The molecule has 0 aromatic carbocycles. The van der Waals surface area contributed by atoms with E-state index < -0.39 is 0 Å². The number of hydrogen-bond donors (Lipinski definition) is 1. The Kier molecular flexibility index (Phi) is 6.04. The number of pyridine rings is 1. The fourth-order valence-corrected chi connectivity index (χ4v) is 2.08. The summed E-state index contributed by atoms with van der Waals surface area (Å²) in [6.45, 7) is 7.31. The molecule has 1 aromatic heterocycles. The van der Waals surface area contributed by atoms with Gasteiger partial charge in [-0.05, 0) is 43.6 Å². The molecule has 1 atom stereocenters. The highest BCUT2D eigenvalue weighted by Crippen LogP contribution is 2.19. The minimum atomic E-state index is 0.336. The lowest BCUT2D eigenvalue weighted by atomic mass is 10.1. The molecular formula is C13H23N3. The smallest absolute Gasteiger partial charge is 0.0471 e. The topological polar surface area (TPSA) is 42.1 Å². The van der Waals surface area contributed by atoms with Gasteiger partial charge in [0.1, 0.15) is 0 Å². The van der Waals surface area contributed by atoms with Crippen LogP contribution in [0.3, 0.4) is 0 Å². The summed E-state index contributed by atoms with van der Waals surface area (Å²) in [7, 11) is 0. The van der Waals surface area contributed by atoms with Crippen LogP contribution in [0.15, 0.2) is 24.5 Å². The molecule has 0 bridgehead atoms. The highest BCUT2D eigenvalue weighted by Gasteiger charge is 2.17. The van der Waals surface area contributed by atoms with E-state index in [0.717, 1.165) is 13.1 Å². The second kappa shape index (κ2) is 7.36. The standard InChI is InChI=1S/C13H23N3/c1-3-9-16(10-4-2)13(11-14)12-5-7-15-8-6-12/h5-8,13H,3-4,9-11,14H2,1-2H3. The lowest BCUT2D eigenvalue weighted by Gasteiger charge is -2.30. The van der Waals surface area contributed by atoms with Gasteiger partial charge in [0.05, 0.1) is 0 Å². The summed E-state index contributed by atoms with van der Waals surface area (Å²) in [5.74, 6) is 0. The van der Waals surface area contributed by atoms with Crippen molar-refractivity contribution in [1.82, 2.24) is 9.88 Å². The Morgan fingerprint density at radius 2 is 1.75 bits per heavy atom. The van der Waals surface area contributed by atoms with Crippen molar-refractivity contribution in [2.75, 3.05) is 19.6 Å². The number of aromatic nitrogens is 1. The van der Waals surface area contributed by atoms with Crippen LogP contribution in [-0.2, 0) is 0 Å². The van der Waals surface area contributed by atoms with Crippen molar-refractivity contribution in [3.8, 4) is 0 Å². The maximum Gasteiger partial charge on any atom is 0.0471 e. The lowest BCUT2D eigenvalue weighted by Crippen LogP contribution is -2.35. The first kappa shape index (κ1) is 13.1. The summed E-state index contributed by atoms with van der Waals surface area (Å²) in [6, 6.07) is 4.47. The molecule has 0 aliphatic heterocycles. The average molecular weight is 221 g/mol. The zero-order chi connectivity index (χ0) is 11.8. The van der Waals surface area contributed by atoms with Crippen molar-refractivity contribution in [2.45, 2.75) is 32.7 Å². The Bertz CT molecular complexity index is 268. The number of rotatable bonds is 7. The molecule has 0 aliphatic rings. The molecule has 0 amide bonds. The van der Waals surface area contributed by atoms with Crippen LogP contribution >= 0.6 is 0 Å². The largest absolute Gasteiger partial charge is 0.329 e. The van der Waals surface area contributed by atoms with Gasteiger partial charge >= 0.3 is 0 Å². The molecule has 1 unspecified atom stereocenters. The van der Waals surface area contributed by atoms with Crippen LogP contribution in [0, 0.1) is 0 Å². The molecule has 0 radical (unpaired) electrons. The molecule has 0 spiro atoms. The van der Waals surface area contributed by atoms with Crippen molar-refractivity contribution < 1.29 is 0 Å². The fourth-order valence-electron chi connectivity index (χ4n) is 2.08. The number of nitrogens with zero attached hydrogens (tertiary/aromatic N) is 2. The van der Waals surface area contributed by atoms with Crippen LogP contribution in [0.25, 0.3) is 0 Å². The van der Waals surface area contributed by atoms with Gasteiger partial charge in [-0.15, -0.1) is 0 Å². The van der Waals surface area contributed by atoms with Gasteiger partial charge in [-0.2, -0.15) is 0 Å². The van der Waals surface area contributed by atoms with Gasteiger partial charge in [-0.1, -0.05) is 13.8 Å². The van der Waals surface area contributed by atoms with E-state index in [2.05, 4.69) is 35.9 Å². The fraction of sp³-hybridized carbons (Fsp3) is 0.615. The molecule has 2 N–H and O–H groups in total. The van der Waals surface area contributed by atoms with E-state index in [-0.39, 0.29) is 0 Å². The number of nitrogens with two attached hydrogens (primary N) is 1. The van der Waals surface area contributed by atoms with Crippen LogP contribution in [0.2, 0.25) is 0 Å². The molecule has 1 aromatic rings. The van der Waals surface area contributed by atoms with E-state index >= 15 is 0 Å². The van der Waals surface area contributed by atoms with Gasteiger partial charge < -0.3 is 5.73 Å². The molecule has 0 fully saturated rings. The first-order valence-electron chi connectivity index (χ1n) is 6.17. The first-order chi connectivity index (χ1) is 7.83. The van der Waals surface area contributed by atoms with Crippen LogP contribution in [0.1, 0.15) is 38.3 Å². The average Bonchev–Trinajstić information content (AvgIpc) is 2.32. The number of hydrogen-bond acceptors (Lipinski definition) is 3. The van der Waals surface area contributed by atoms with Crippen molar-refractivity contribution in [1.29, 1.82) is 0 Å². The third-order valence-corrected chi connectivity index (χ3v) is 2.78. The SMILES string of the molecule is CCCN(CCC)C(CN)c1ccncc1. The Labute approximate surface area is 98.7 Å². The van der Waals surface area contributed by atoms with Crippen molar-refractivity contribution in [3.05, 3.63) is 30.1 Å². The monoisotopic (exact) mass is 221 g/mol. The zero-order valence-corrected chi connectivity index (χ0v) is 10.4.